The van der Waals surface area contributed by atoms with Crippen molar-refractivity contribution in [3.05, 3.63) is 24.0 Å². The number of hydrogen-bond donors (Lipinski definition) is 2. The smallest absolute Gasteiger partial charge is 0.268 e. The van der Waals surface area contributed by atoms with E-state index in [1.807, 2.05) is 6.07 Å². The van der Waals surface area contributed by atoms with Crippen molar-refractivity contribution in [1.82, 2.24) is 10.3 Å². The molecule has 1 aromatic heterocycles. The van der Waals surface area contributed by atoms with E-state index in [0.717, 1.165) is 0 Å². The Balaban J connectivity index is 2.51. The Morgan fingerprint density at radius 3 is 3.18 bits per heavy atom. The van der Waals surface area contributed by atoms with Crippen LogP contribution >= 0.6 is 0 Å². The van der Waals surface area contributed by atoms with Crippen LogP contribution in [0.3, 0.4) is 0 Å². The maximum absolute atomic E-state index is 11.0. The van der Waals surface area contributed by atoms with Crippen LogP contribution in [-0.2, 0) is 0 Å². The van der Waals surface area contributed by atoms with E-state index >= 15 is 0 Å². The van der Waals surface area contributed by atoms with Gasteiger partial charge in [0.15, 0.2) is 0 Å². The fourth-order valence-electron chi connectivity index (χ4n) is 0.687. The number of aromatic amines is 1. The number of amides is 1. The fourth-order valence-corrected chi connectivity index (χ4v) is 0.687. The van der Waals surface area contributed by atoms with E-state index < -0.39 is 0 Å². The van der Waals surface area contributed by atoms with Gasteiger partial charge in [-0.2, -0.15) is 5.26 Å². The predicted octanol–water partition coefficient (Wildman–Crippen LogP) is 0.268. The highest BCUT2D eigenvalue weighted by molar-refractivity contribution is 5.92. The lowest BCUT2D eigenvalue weighted by Gasteiger charge is -1.95. The van der Waals surface area contributed by atoms with Crippen LogP contribution < -0.4 is 5.32 Å². The van der Waals surface area contributed by atoms with Gasteiger partial charge in [0, 0.05) is 6.20 Å². The summed E-state index contributed by atoms with van der Waals surface area (Å²) in [7, 11) is 0. The molecule has 0 aliphatic heterocycles. The number of H-pyrrole nitrogens is 1. The molecule has 56 valence electrons. The highest BCUT2D eigenvalue weighted by atomic mass is 16.1. The SMILES string of the molecule is N#CCNC(=O)c1ccc[nH]1. The van der Waals surface area contributed by atoms with Gasteiger partial charge in [-0.25, -0.2) is 0 Å². The van der Waals surface area contributed by atoms with Gasteiger partial charge in [0.05, 0.1) is 6.07 Å². The summed E-state index contributed by atoms with van der Waals surface area (Å²) in [5.74, 6) is -0.253. The third-order valence-electron chi connectivity index (χ3n) is 1.17. The van der Waals surface area contributed by atoms with Crippen molar-refractivity contribution >= 4 is 5.91 Å². The number of hydrogen-bond acceptors (Lipinski definition) is 2. The fraction of sp³-hybridized carbons (Fsp3) is 0.143. The highest BCUT2D eigenvalue weighted by Crippen LogP contribution is 1.92. The van der Waals surface area contributed by atoms with Crippen molar-refractivity contribution in [3.8, 4) is 6.07 Å². The normalized spacial score (nSPS) is 8.64. The van der Waals surface area contributed by atoms with Crippen LogP contribution in [0, 0.1) is 11.3 Å². The first-order chi connectivity index (χ1) is 5.34. The van der Waals surface area contributed by atoms with Gasteiger partial charge in [-0.15, -0.1) is 0 Å². The number of carbonyl (C=O) groups excluding carboxylic acids is 1. The molecule has 0 aliphatic rings. The van der Waals surface area contributed by atoms with Crippen LogP contribution in [0.5, 0.6) is 0 Å². The van der Waals surface area contributed by atoms with Crippen molar-refractivity contribution in [2.24, 2.45) is 0 Å². The number of nitriles is 1. The Kier molecular flexibility index (Phi) is 2.28. The molecule has 0 fully saturated rings. The molecule has 0 aromatic carbocycles. The van der Waals surface area contributed by atoms with Gasteiger partial charge in [-0.1, -0.05) is 0 Å². The molecule has 0 saturated carbocycles. The van der Waals surface area contributed by atoms with Gasteiger partial charge in [0.2, 0.25) is 0 Å². The summed E-state index contributed by atoms with van der Waals surface area (Å²) in [5.41, 5.74) is 0.472. The molecular formula is C7H7N3O. The molecule has 1 aromatic rings. The Morgan fingerprint density at radius 1 is 1.82 bits per heavy atom. The second-order valence-electron chi connectivity index (χ2n) is 1.92. The van der Waals surface area contributed by atoms with E-state index in [1.54, 1.807) is 18.3 Å². The summed E-state index contributed by atoms with van der Waals surface area (Å²) in [6.45, 7) is 0.0395. The molecule has 0 spiro atoms. The maximum atomic E-state index is 11.0. The minimum Gasteiger partial charge on any atom is -0.357 e. The molecule has 4 heteroatoms. The summed E-state index contributed by atoms with van der Waals surface area (Å²) < 4.78 is 0. The van der Waals surface area contributed by atoms with Gasteiger partial charge in [0.25, 0.3) is 5.91 Å². The second kappa shape index (κ2) is 3.42. The van der Waals surface area contributed by atoms with E-state index in [9.17, 15) is 4.79 Å². The first-order valence-electron chi connectivity index (χ1n) is 3.13. The maximum Gasteiger partial charge on any atom is 0.268 e. The molecule has 1 rings (SSSR count). The van der Waals surface area contributed by atoms with Gasteiger partial charge < -0.3 is 10.3 Å². The standard InChI is InChI=1S/C7H7N3O/c8-3-5-10-7(11)6-2-1-4-9-6/h1-2,4,9H,5H2,(H,10,11). The molecule has 0 aliphatic carbocycles. The van der Waals surface area contributed by atoms with E-state index in [2.05, 4.69) is 10.3 Å². The van der Waals surface area contributed by atoms with Gasteiger partial charge in [-0.3, -0.25) is 4.79 Å². The molecule has 4 nitrogen and oxygen atoms in total. The zero-order chi connectivity index (χ0) is 8.10. The van der Waals surface area contributed by atoms with Gasteiger partial charge >= 0.3 is 0 Å². The number of aromatic nitrogens is 1. The number of carbonyl (C=O) groups is 1. The Hall–Kier alpha value is -1.76. The minimum atomic E-state index is -0.253. The Morgan fingerprint density at radius 2 is 2.64 bits per heavy atom. The first kappa shape index (κ1) is 7.35. The average Bonchev–Trinajstić information content (AvgIpc) is 2.52. The molecule has 0 bridgehead atoms. The van der Waals surface area contributed by atoms with Crippen molar-refractivity contribution in [2.75, 3.05) is 6.54 Å². The Labute approximate surface area is 63.8 Å². The third-order valence-corrected chi connectivity index (χ3v) is 1.17. The number of rotatable bonds is 2. The molecule has 11 heavy (non-hydrogen) atoms. The van der Waals surface area contributed by atoms with Crippen molar-refractivity contribution in [2.45, 2.75) is 0 Å². The number of nitrogens with zero attached hydrogens (tertiary/aromatic N) is 1. The zero-order valence-electron chi connectivity index (χ0n) is 5.79. The van der Waals surface area contributed by atoms with Gasteiger partial charge in [0.1, 0.15) is 12.2 Å². The topological polar surface area (TPSA) is 68.7 Å². The van der Waals surface area contributed by atoms with Crippen LogP contribution in [0.25, 0.3) is 0 Å². The van der Waals surface area contributed by atoms with Crippen LogP contribution in [0.1, 0.15) is 10.5 Å². The third kappa shape index (κ3) is 1.83. The summed E-state index contributed by atoms with van der Waals surface area (Å²) in [6.07, 6.45) is 1.65. The summed E-state index contributed by atoms with van der Waals surface area (Å²) in [6, 6.07) is 5.18. The quantitative estimate of drug-likeness (QED) is 0.592. The summed E-state index contributed by atoms with van der Waals surface area (Å²) in [5, 5.41) is 10.5. The van der Waals surface area contributed by atoms with Crippen LogP contribution in [0.2, 0.25) is 0 Å². The monoisotopic (exact) mass is 149 g/mol. The Bertz CT molecular complexity index is 270. The largest absolute Gasteiger partial charge is 0.357 e. The van der Waals surface area contributed by atoms with E-state index in [-0.39, 0.29) is 12.5 Å². The lowest BCUT2D eigenvalue weighted by Crippen LogP contribution is -2.23. The molecule has 1 heterocycles. The minimum absolute atomic E-state index is 0.0395. The molecule has 0 saturated heterocycles. The van der Waals surface area contributed by atoms with E-state index in [0.29, 0.717) is 5.69 Å². The first-order valence-corrected chi connectivity index (χ1v) is 3.13. The van der Waals surface area contributed by atoms with Crippen molar-refractivity contribution in [1.29, 1.82) is 5.26 Å². The molecular weight excluding hydrogens is 142 g/mol. The zero-order valence-corrected chi connectivity index (χ0v) is 5.79. The molecule has 0 radical (unpaired) electrons. The number of nitrogens with one attached hydrogen (secondary N) is 2. The lowest BCUT2D eigenvalue weighted by molar-refractivity contribution is 0.0954. The molecule has 0 unspecified atom stereocenters. The van der Waals surface area contributed by atoms with Crippen LogP contribution in [0.4, 0.5) is 0 Å². The van der Waals surface area contributed by atoms with Crippen LogP contribution in [0.15, 0.2) is 18.3 Å². The highest BCUT2D eigenvalue weighted by Gasteiger charge is 2.02. The molecule has 0 atom stereocenters. The molecule has 1 amide bonds. The predicted molar refractivity (Wildman–Crippen MR) is 38.7 cm³/mol. The second-order valence-corrected chi connectivity index (χ2v) is 1.92. The lowest BCUT2D eigenvalue weighted by atomic mass is 10.4. The average molecular weight is 149 g/mol. The van der Waals surface area contributed by atoms with E-state index in [4.69, 9.17) is 5.26 Å². The van der Waals surface area contributed by atoms with Crippen molar-refractivity contribution in [3.63, 3.8) is 0 Å². The summed E-state index contributed by atoms with van der Waals surface area (Å²) in [4.78, 5) is 13.7. The molecule has 2 N–H and O–H groups in total. The van der Waals surface area contributed by atoms with Gasteiger partial charge in [-0.05, 0) is 12.1 Å². The summed E-state index contributed by atoms with van der Waals surface area (Å²) >= 11 is 0. The van der Waals surface area contributed by atoms with E-state index in [1.165, 1.54) is 0 Å². The van der Waals surface area contributed by atoms with Crippen LogP contribution in [-0.4, -0.2) is 17.4 Å². The van der Waals surface area contributed by atoms with Crippen molar-refractivity contribution < 1.29 is 4.79 Å².